The summed E-state index contributed by atoms with van der Waals surface area (Å²) in [5.41, 5.74) is 0. The molecule has 1 aliphatic rings. The van der Waals surface area contributed by atoms with Crippen LogP contribution in [-0.2, 0) is 9.59 Å². The lowest BCUT2D eigenvalue weighted by atomic mass is 9.99. The van der Waals surface area contributed by atoms with Crippen molar-refractivity contribution < 1.29 is 9.59 Å². The minimum absolute atomic E-state index is 0.0596. The fourth-order valence-electron chi connectivity index (χ4n) is 2.22. The van der Waals surface area contributed by atoms with Crippen LogP contribution in [0.3, 0.4) is 0 Å². The summed E-state index contributed by atoms with van der Waals surface area (Å²) in [4.78, 5) is 32.9. The van der Waals surface area contributed by atoms with Crippen molar-refractivity contribution in [2.45, 2.75) is 26.7 Å². The summed E-state index contributed by atoms with van der Waals surface area (Å²) >= 11 is 0. The maximum absolute atomic E-state index is 11.6. The number of amides is 2. The summed E-state index contributed by atoms with van der Waals surface area (Å²) in [6.45, 7) is 5.50. The molecule has 1 aliphatic heterocycles. The normalized spacial score (nSPS) is 15.6. The first kappa shape index (κ1) is 15.2. The van der Waals surface area contributed by atoms with Gasteiger partial charge in [0.25, 0.3) is 0 Å². The van der Waals surface area contributed by atoms with Gasteiger partial charge in [0.2, 0.25) is 11.8 Å². The van der Waals surface area contributed by atoms with Crippen LogP contribution in [0.4, 0.5) is 11.6 Å². The molecule has 1 aromatic rings. The molecule has 7 nitrogen and oxygen atoms in total. The number of nitrogens with zero attached hydrogens (tertiary/aromatic N) is 3. The molecule has 21 heavy (non-hydrogen) atoms. The lowest BCUT2D eigenvalue weighted by molar-refractivity contribution is -0.122. The third kappa shape index (κ3) is 4.70. The molecule has 2 N–H and O–H groups in total. The number of hydrogen-bond donors (Lipinski definition) is 2. The van der Waals surface area contributed by atoms with Gasteiger partial charge in [0, 0.05) is 26.1 Å². The molecule has 1 aromatic heterocycles. The van der Waals surface area contributed by atoms with E-state index in [1.54, 1.807) is 6.07 Å². The van der Waals surface area contributed by atoms with E-state index in [1.807, 2.05) is 0 Å². The molecule has 0 aliphatic carbocycles. The average molecular weight is 291 g/mol. The van der Waals surface area contributed by atoms with E-state index in [9.17, 15) is 9.59 Å². The molecule has 2 amide bonds. The summed E-state index contributed by atoms with van der Waals surface area (Å²) < 4.78 is 0. The van der Waals surface area contributed by atoms with Crippen molar-refractivity contribution in [3.8, 4) is 0 Å². The molecule has 1 saturated heterocycles. The smallest absolute Gasteiger partial charge is 0.244 e. The minimum Gasteiger partial charge on any atom is -0.356 e. The van der Waals surface area contributed by atoms with Crippen molar-refractivity contribution in [3.05, 3.63) is 12.4 Å². The standard InChI is InChI=1S/C14H21N5O2/c1-10-3-5-19(6-4-10)13-7-12(16-9-17-13)18-14(21)8-15-11(2)20/h7,9-10H,3-6,8H2,1-2H3,(H,15,20)(H,16,17,18,21). The predicted molar refractivity (Wildman–Crippen MR) is 80.0 cm³/mol. The Morgan fingerprint density at radius 2 is 2.05 bits per heavy atom. The summed E-state index contributed by atoms with van der Waals surface area (Å²) in [6, 6.07) is 1.77. The molecule has 0 spiro atoms. The molecule has 114 valence electrons. The van der Waals surface area contributed by atoms with E-state index in [-0.39, 0.29) is 18.4 Å². The van der Waals surface area contributed by atoms with Gasteiger partial charge in [0.15, 0.2) is 0 Å². The van der Waals surface area contributed by atoms with E-state index in [2.05, 4.69) is 32.4 Å². The zero-order valence-corrected chi connectivity index (χ0v) is 12.4. The van der Waals surface area contributed by atoms with Gasteiger partial charge in [-0.3, -0.25) is 9.59 Å². The largest absolute Gasteiger partial charge is 0.356 e. The Hall–Kier alpha value is -2.18. The van der Waals surface area contributed by atoms with E-state index in [0.717, 1.165) is 37.7 Å². The molecule has 0 saturated carbocycles. The summed E-state index contributed by atoms with van der Waals surface area (Å²) in [7, 11) is 0. The highest BCUT2D eigenvalue weighted by molar-refractivity contribution is 5.93. The Balaban J connectivity index is 1.94. The topological polar surface area (TPSA) is 87.2 Å². The monoisotopic (exact) mass is 291 g/mol. The van der Waals surface area contributed by atoms with Crippen molar-refractivity contribution >= 4 is 23.5 Å². The van der Waals surface area contributed by atoms with Crippen molar-refractivity contribution in [3.63, 3.8) is 0 Å². The van der Waals surface area contributed by atoms with Crippen molar-refractivity contribution in [1.82, 2.24) is 15.3 Å². The maximum atomic E-state index is 11.6. The van der Waals surface area contributed by atoms with Crippen LogP contribution in [0.1, 0.15) is 26.7 Å². The molecular weight excluding hydrogens is 270 g/mol. The Labute approximate surface area is 124 Å². The third-order valence-electron chi connectivity index (χ3n) is 3.53. The Kier molecular flexibility index (Phi) is 5.08. The second-order valence-electron chi connectivity index (χ2n) is 5.39. The molecule has 0 bridgehead atoms. The highest BCUT2D eigenvalue weighted by atomic mass is 16.2. The van der Waals surface area contributed by atoms with E-state index >= 15 is 0 Å². The van der Waals surface area contributed by atoms with Crippen molar-refractivity contribution in [2.24, 2.45) is 5.92 Å². The van der Waals surface area contributed by atoms with Crippen LogP contribution in [0.25, 0.3) is 0 Å². The molecule has 0 unspecified atom stereocenters. The first-order chi connectivity index (χ1) is 10.0. The van der Waals surface area contributed by atoms with Gasteiger partial charge in [-0.15, -0.1) is 0 Å². The number of piperidine rings is 1. The lowest BCUT2D eigenvalue weighted by Gasteiger charge is -2.31. The number of aromatic nitrogens is 2. The molecular formula is C14H21N5O2. The van der Waals surface area contributed by atoms with Crippen LogP contribution < -0.4 is 15.5 Å². The third-order valence-corrected chi connectivity index (χ3v) is 3.53. The van der Waals surface area contributed by atoms with Gasteiger partial charge in [-0.1, -0.05) is 6.92 Å². The lowest BCUT2D eigenvalue weighted by Crippen LogP contribution is -2.34. The van der Waals surface area contributed by atoms with Gasteiger partial charge in [-0.05, 0) is 18.8 Å². The number of hydrogen-bond acceptors (Lipinski definition) is 5. The Bertz CT molecular complexity index is 512. The molecule has 0 aromatic carbocycles. The molecule has 0 radical (unpaired) electrons. The summed E-state index contributed by atoms with van der Waals surface area (Å²) in [6.07, 6.45) is 3.74. The van der Waals surface area contributed by atoms with Crippen LogP contribution in [0.5, 0.6) is 0 Å². The number of nitrogens with one attached hydrogen (secondary N) is 2. The SMILES string of the molecule is CC(=O)NCC(=O)Nc1cc(N2CCC(C)CC2)ncn1. The first-order valence-corrected chi connectivity index (χ1v) is 7.16. The second-order valence-corrected chi connectivity index (χ2v) is 5.39. The fourth-order valence-corrected chi connectivity index (χ4v) is 2.22. The van der Waals surface area contributed by atoms with Crippen LogP contribution in [0.2, 0.25) is 0 Å². The second kappa shape index (κ2) is 7.01. The zero-order chi connectivity index (χ0) is 15.2. The van der Waals surface area contributed by atoms with Gasteiger partial charge in [0.1, 0.15) is 18.0 Å². The molecule has 1 fully saturated rings. The summed E-state index contributed by atoms with van der Waals surface area (Å²) in [5, 5.41) is 5.10. The van der Waals surface area contributed by atoms with Crippen molar-refractivity contribution in [1.29, 1.82) is 0 Å². The molecule has 2 heterocycles. The first-order valence-electron chi connectivity index (χ1n) is 7.16. The predicted octanol–water partition coefficient (Wildman–Crippen LogP) is 0.787. The van der Waals surface area contributed by atoms with E-state index in [4.69, 9.17) is 0 Å². The quantitative estimate of drug-likeness (QED) is 0.856. The van der Waals surface area contributed by atoms with Gasteiger partial charge in [0.05, 0.1) is 6.54 Å². The van der Waals surface area contributed by atoms with Crippen LogP contribution in [0, 0.1) is 5.92 Å². The van der Waals surface area contributed by atoms with Gasteiger partial charge < -0.3 is 15.5 Å². The van der Waals surface area contributed by atoms with Crippen LogP contribution in [-0.4, -0.2) is 41.4 Å². The van der Waals surface area contributed by atoms with Crippen LogP contribution >= 0.6 is 0 Å². The van der Waals surface area contributed by atoms with Crippen molar-refractivity contribution in [2.75, 3.05) is 29.9 Å². The van der Waals surface area contributed by atoms with Gasteiger partial charge in [-0.2, -0.15) is 0 Å². The average Bonchev–Trinajstić information content (AvgIpc) is 2.46. The Morgan fingerprint density at radius 1 is 1.33 bits per heavy atom. The van der Waals surface area contributed by atoms with Crippen LogP contribution in [0.15, 0.2) is 12.4 Å². The highest BCUT2D eigenvalue weighted by Crippen LogP contribution is 2.22. The number of anilines is 2. The van der Waals surface area contributed by atoms with Gasteiger partial charge in [-0.25, -0.2) is 9.97 Å². The Morgan fingerprint density at radius 3 is 2.71 bits per heavy atom. The van der Waals surface area contributed by atoms with Gasteiger partial charge >= 0.3 is 0 Å². The zero-order valence-electron chi connectivity index (χ0n) is 12.4. The fraction of sp³-hybridized carbons (Fsp3) is 0.571. The van der Waals surface area contributed by atoms with E-state index in [0.29, 0.717) is 5.82 Å². The number of carbonyl (C=O) groups excluding carboxylic acids is 2. The summed E-state index contributed by atoms with van der Waals surface area (Å²) in [5.74, 6) is 1.48. The minimum atomic E-state index is -0.304. The van der Waals surface area contributed by atoms with E-state index < -0.39 is 0 Å². The molecule has 0 atom stereocenters. The number of carbonyl (C=O) groups is 2. The van der Waals surface area contributed by atoms with E-state index in [1.165, 1.54) is 13.3 Å². The molecule has 2 rings (SSSR count). The number of rotatable bonds is 4. The maximum Gasteiger partial charge on any atom is 0.244 e. The molecule has 7 heteroatoms. The highest BCUT2D eigenvalue weighted by Gasteiger charge is 2.17.